The number of rotatable bonds is 0. The summed E-state index contributed by atoms with van der Waals surface area (Å²) in [6.07, 6.45) is 17.0. The summed E-state index contributed by atoms with van der Waals surface area (Å²) in [5.74, 6) is 5.51. The van der Waals surface area contributed by atoms with Gasteiger partial charge >= 0.3 is 16.5 Å². The summed E-state index contributed by atoms with van der Waals surface area (Å²) in [4.78, 5) is 10.2. The van der Waals surface area contributed by atoms with Gasteiger partial charge in [-0.05, 0) is 32.7 Å². The van der Waals surface area contributed by atoms with E-state index in [1.165, 1.54) is 11.1 Å². The minimum atomic E-state index is -0.0764. The SMILES string of the molecule is C1=CC2=C3Nc4[n-]c(c5ccccc45)NC4=C5C=CC=CC5C(N4)Nc4[n-]c(c5ccccc45)NC(N3)C2C=C1.[Ni+2]. The molecule has 3 aliphatic heterocycles. The normalized spacial score (nSPS) is 25.0. The zero-order valence-electron chi connectivity index (χ0n) is 21.8. The molecule has 0 fully saturated rings. The zero-order valence-corrected chi connectivity index (χ0v) is 22.7. The van der Waals surface area contributed by atoms with Gasteiger partial charge in [0.15, 0.2) is 0 Å². The Morgan fingerprint density at radius 1 is 0.488 bits per heavy atom. The molecule has 4 unspecified atom stereocenters. The molecule has 4 aromatic rings. The van der Waals surface area contributed by atoms with E-state index in [1.807, 2.05) is 0 Å². The van der Waals surface area contributed by atoms with Crippen molar-refractivity contribution in [3.8, 4) is 0 Å². The van der Waals surface area contributed by atoms with Crippen molar-refractivity contribution >= 4 is 44.8 Å². The van der Waals surface area contributed by atoms with E-state index < -0.39 is 0 Å². The minimum Gasteiger partial charge on any atom is -0.421 e. The maximum atomic E-state index is 5.11. The van der Waals surface area contributed by atoms with E-state index in [-0.39, 0.29) is 40.7 Å². The third-order valence-corrected chi connectivity index (χ3v) is 8.42. The molecule has 4 atom stereocenters. The maximum Gasteiger partial charge on any atom is 2.00 e. The molecule has 6 N–H and O–H groups in total. The molecule has 9 rings (SSSR count). The van der Waals surface area contributed by atoms with Crippen LogP contribution in [-0.4, -0.2) is 12.3 Å². The van der Waals surface area contributed by atoms with Crippen LogP contribution in [0, 0.1) is 11.8 Å². The third kappa shape index (κ3) is 3.66. The largest absolute Gasteiger partial charge is 2.00 e. The van der Waals surface area contributed by atoms with Crippen LogP contribution >= 0.6 is 0 Å². The summed E-state index contributed by atoms with van der Waals surface area (Å²) < 4.78 is 0. The first kappa shape index (κ1) is 24.1. The van der Waals surface area contributed by atoms with Crippen molar-refractivity contribution in [1.29, 1.82) is 0 Å². The van der Waals surface area contributed by atoms with Crippen molar-refractivity contribution in [2.24, 2.45) is 11.8 Å². The first-order valence-electron chi connectivity index (χ1n) is 13.7. The number of benzene rings is 2. The molecule has 5 heterocycles. The molecule has 9 heteroatoms. The molecule has 0 amide bonds. The Labute approximate surface area is 246 Å². The molecule has 8 bridgehead atoms. The number of nitrogens with one attached hydrogen (secondary N) is 6. The van der Waals surface area contributed by atoms with Gasteiger partial charge in [0.1, 0.15) is 0 Å². The Morgan fingerprint density at radius 3 is 1.37 bits per heavy atom. The smallest absolute Gasteiger partial charge is 0.421 e. The van der Waals surface area contributed by atoms with E-state index in [1.54, 1.807) is 0 Å². The fourth-order valence-corrected chi connectivity index (χ4v) is 6.52. The van der Waals surface area contributed by atoms with Gasteiger partial charge in [-0.2, -0.15) is 0 Å². The van der Waals surface area contributed by atoms with Crippen molar-refractivity contribution in [2.75, 3.05) is 21.3 Å². The van der Waals surface area contributed by atoms with Crippen LogP contribution in [0.4, 0.5) is 23.3 Å². The molecule has 0 spiro atoms. The van der Waals surface area contributed by atoms with Crippen molar-refractivity contribution in [2.45, 2.75) is 12.3 Å². The molecule has 204 valence electrons. The molecule has 2 aromatic carbocycles. The Morgan fingerprint density at radius 2 is 0.902 bits per heavy atom. The fraction of sp³-hybridized carbons (Fsp3) is 0.125. The van der Waals surface area contributed by atoms with E-state index >= 15 is 0 Å². The molecule has 8 nitrogen and oxygen atoms in total. The quantitative estimate of drug-likeness (QED) is 0.161. The van der Waals surface area contributed by atoms with E-state index in [0.29, 0.717) is 0 Å². The van der Waals surface area contributed by atoms with Gasteiger partial charge in [0.2, 0.25) is 0 Å². The van der Waals surface area contributed by atoms with Crippen molar-refractivity contribution in [3.63, 3.8) is 0 Å². The molecule has 41 heavy (non-hydrogen) atoms. The van der Waals surface area contributed by atoms with Gasteiger partial charge in [0.25, 0.3) is 0 Å². The number of anilines is 4. The number of allylic oxidation sites excluding steroid dienone is 6. The van der Waals surface area contributed by atoms with Crippen LogP contribution in [0.25, 0.3) is 21.5 Å². The summed E-state index contributed by atoms with van der Waals surface area (Å²) in [5.41, 5.74) is 2.38. The molecule has 5 aliphatic rings. The Hall–Kier alpha value is -4.75. The predicted molar refractivity (Wildman–Crippen MR) is 160 cm³/mol. The average molecular weight is 581 g/mol. The third-order valence-electron chi connectivity index (χ3n) is 8.42. The van der Waals surface area contributed by atoms with Crippen LogP contribution in [-0.2, 0) is 16.5 Å². The molecular weight excluding hydrogens is 555 g/mol. The number of nitrogens with zero attached hydrogens (tertiary/aromatic N) is 2. The zero-order chi connectivity index (χ0) is 26.2. The van der Waals surface area contributed by atoms with Gasteiger partial charge in [0, 0.05) is 35.1 Å². The van der Waals surface area contributed by atoms with E-state index in [4.69, 9.17) is 9.97 Å². The van der Waals surface area contributed by atoms with Gasteiger partial charge in [0.05, 0.1) is 24.0 Å². The second-order valence-corrected chi connectivity index (χ2v) is 10.7. The van der Waals surface area contributed by atoms with Crippen molar-refractivity contribution < 1.29 is 16.5 Å². The van der Waals surface area contributed by atoms with Crippen LogP contribution in [0.1, 0.15) is 0 Å². The second-order valence-electron chi connectivity index (χ2n) is 10.7. The summed E-state index contributed by atoms with van der Waals surface area (Å²) >= 11 is 0. The molecule has 2 aliphatic carbocycles. The van der Waals surface area contributed by atoms with Crippen LogP contribution < -0.4 is 41.9 Å². The molecular formula is C32H26N8Ni. The van der Waals surface area contributed by atoms with Crippen LogP contribution in [0.15, 0.2) is 120 Å². The first-order valence-corrected chi connectivity index (χ1v) is 13.7. The Balaban J connectivity index is 0.00000256. The maximum absolute atomic E-state index is 5.11. The summed E-state index contributed by atoms with van der Waals surface area (Å²) in [7, 11) is 0. The second kappa shape index (κ2) is 9.14. The number of hydrogen-bond donors (Lipinski definition) is 6. The van der Waals surface area contributed by atoms with Gasteiger partial charge in [-0.15, -0.1) is 0 Å². The van der Waals surface area contributed by atoms with E-state index in [9.17, 15) is 0 Å². The van der Waals surface area contributed by atoms with Gasteiger partial charge < -0.3 is 41.9 Å². The summed E-state index contributed by atoms with van der Waals surface area (Å²) in [6.45, 7) is 0. The number of fused-ring (bicyclic) bond motifs is 18. The van der Waals surface area contributed by atoms with Crippen LogP contribution in [0.5, 0.6) is 0 Å². The van der Waals surface area contributed by atoms with Gasteiger partial charge in [-0.3, -0.25) is 0 Å². The molecule has 0 saturated carbocycles. The summed E-state index contributed by atoms with van der Waals surface area (Å²) in [5, 5.41) is 26.5. The van der Waals surface area contributed by atoms with Crippen LogP contribution in [0.2, 0.25) is 0 Å². The topological polar surface area (TPSA) is 100 Å². The number of aromatic nitrogens is 2. The molecule has 2 aromatic heterocycles. The summed E-state index contributed by atoms with van der Waals surface area (Å²) in [6, 6.07) is 16.7. The first-order chi connectivity index (χ1) is 19.8. The monoisotopic (exact) mass is 580 g/mol. The molecule has 0 radical (unpaired) electrons. The fourth-order valence-electron chi connectivity index (χ4n) is 6.52. The Kier molecular flexibility index (Phi) is 5.37. The predicted octanol–water partition coefficient (Wildman–Crippen LogP) is 5.03. The van der Waals surface area contributed by atoms with Gasteiger partial charge in [-0.1, -0.05) is 97.1 Å². The minimum absolute atomic E-state index is 0. The van der Waals surface area contributed by atoms with Gasteiger partial charge in [-0.25, -0.2) is 0 Å². The number of hydrogen-bond acceptors (Lipinski definition) is 6. The average Bonchev–Trinajstić information content (AvgIpc) is 3.73. The van der Waals surface area contributed by atoms with Crippen molar-refractivity contribution in [3.05, 3.63) is 120 Å². The van der Waals surface area contributed by atoms with Crippen LogP contribution in [0.3, 0.4) is 0 Å². The van der Waals surface area contributed by atoms with E-state index in [0.717, 1.165) is 56.5 Å². The van der Waals surface area contributed by atoms with E-state index in [2.05, 4.69) is 129 Å². The standard InChI is InChI=1S/C32H26N8.Ni/c1-2-10-18-17(9-1)25-33-26(18)38-28-21-13-5-6-14-22(21)30(35-28)40-32-24-16-8-7-15-23(24)31(36-32)39-29-20-12-4-3-11-19(20)27(34-29)37-25;/h1-17,23,25,31,33,36-40H;/q-2;+2. The van der Waals surface area contributed by atoms with Crippen molar-refractivity contribution in [1.82, 2.24) is 20.6 Å². The molecule has 0 saturated heterocycles. The Bertz CT molecular complexity index is 1770.